The van der Waals surface area contributed by atoms with Crippen LogP contribution in [-0.2, 0) is 9.59 Å². The number of hydrogen-bond donors (Lipinski definition) is 3. The summed E-state index contributed by atoms with van der Waals surface area (Å²) < 4.78 is 0. The van der Waals surface area contributed by atoms with Gasteiger partial charge < -0.3 is 16.0 Å². The van der Waals surface area contributed by atoms with Gasteiger partial charge in [0.05, 0.1) is 0 Å². The number of carbonyl (C=O) groups is 2. The highest BCUT2D eigenvalue weighted by atomic mass is 16.2. The first-order valence-corrected chi connectivity index (χ1v) is 8.18. The van der Waals surface area contributed by atoms with Crippen LogP contribution in [0.4, 0.5) is 0 Å². The SMILES string of the molecule is CC(C)(C)C(=O)NCCCC(=O)NC1CC2CCC(C1)N2. The summed E-state index contributed by atoms with van der Waals surface area (Å²) in [6.45, 7) is 6.24. The Kier molecular flexibility index (Phi) is 5.25. The van der Waals surface area contributed by atoms with Crippen LogP contribution in [0, 0.1) is 5.41 Å². The van der Waals surface area contributed by atoms with Crippen LogP contribution in [0.3, 0.4) is 0 Å². The van der Waals surface area contributed by atoms with Crippen LogP contribution in [-0.4, -0.2) is 36.5 Å². The van der Waals surface area contributed by atoms with Gasteiger partial charge >= 0.3 is 0 Å². The predicted octanol–water partition coefficient (Wildman–Crippen LogP) is 1.33. The average Bonchev–Trinajstić information content (AvgIpc) is 2.72. The van der Waals surface area contributed by atoms with E-state index in [1.165, 1.54) is 12.8 Å². The summed E-state index contributed by atoms with van der Waals surface area (Å²) in [4.78, 5) is 23.6. The van der Waals surface area contributed by atoms with E-state index in [1.54, 1.807) is 0 Å². The third kappa shape index (κ3) is 4.99. The molecule has 0 radical (unpaired) electrons. The maximum Gasteiger partial charge on any atom is 0.225 e. The van der Waals surface area contributed by atoms with Gasteiger partial charge in [0, 0.05) is 36.5 Å². The molecule has 2 heterocycles. The van der Waals surface area contributed by atoms with Crippen LogP contribution in [0.5, 0.6) is 0 Å². The number of carbonyl (C=O) groups excluding carboxylic acids is 2. The van der Waals surface area contributed by atoms with Crippen molar-refractivity contribution in [3.63, 3.8) is 0 Å². The first-order valence-electron chi connectivity index (χ1n) is 8.18. The minimum Gasteiger partial charge on any atom is -0.356 e. The largest absolute Gasteiger partial charge is 0.356 e. The number of fused-ring (bicyclic) bond motifs is 2. The molecule has 2 unspecified atom stereocenters. The number of piperidine rings is 1. The van der Waals surface area contributed by atoms with E-state index in [-0.39, 0.29) is 17.2 Å². The van der Waals surface area contributed by atoms with E-state index in [2.05, 4.69) is 16.0 Å². The Labute approximate surface area is 127 Å². The van der Waals surface area contributed by atoms with E-state index >= 15 is 0 Å². The first-order chi connectivity index (χ1) is 9.84. The minimum atomic E-state index is -0.364. The normalized spacial score (nSPS) is 28.2. The molecule has 0 aromatic carbocycles. The van der Waals surface area contributed by atoms with Crippen LogP contribution in [0.2, 0.25) is 0 Å². The Morgan fingerprint density at radius 3 is 2.33 bits per heavy atom. The fourth-order valence-electron chi connectivity index (χ4n) is 3.19. The maximum atomic E-state index is 11.9. The highest BCUT2D eigenvalue weighted by molar-refractivity contribution is 5.81. The van der Waals surface area contributed by atoms with Crippen molar-refractivity contribution in [3.05, 3.63) is 0 Å². The van der Waals surface area contributed by atoms with Gasteiger partial charge in [-0.05, 0) is 32.1 Å². The average molecular weight is 295 g/mol. The molecule has 0 saturated carbocycles. The lowest BCUT2D eigenvalue weighted by Gasteiger charge is -2.29. The van der Waals surface area contributed by atoms with E-state index < -0.39 is 0 Å². The van der Waals surface area contributed by atoms with E-state index in [1.807, 2.05) is 20.8 Å². The van der Waals surface area contributed by atoms with Crippen molar-refractivity contribution < 1.29 is 9.59 Å². The molecule has 2 aliphatic rings. The molecule has 3 N–H and O–H groups in total. The van der Waals surface area contributed by atoms with E-state index in [9.17, 15) is 9.59 Å². The monoisotopic (exact) mass is 295 g/mol. The topological polar surface area (TPSA) is 70.2 Å². The Bertz CT molecular complexity index is 377. The molecule has 120 valence electrons. The molecule has 21 heavy (non-hydrogen) atoms. The number of amides is 2. The van der Waals surface area contributed by atoms with Crippen molar-refractivity contribution in [2.24, 2.45) is 5.41 Å². The zero-order valence-electron chi connectivity index (χ0n) is 13.5. The molecule has 5 nitrogen and oxygen atoms in total. The molecular formula is C16H29N3O2. The predicted molar refractivity (Wildman–Crippen MR) is 82.8 cm³/mol. The van der Waals surface area contributed by atoms with Gasteiger partial charge in [-0.2, -0.15) is 0 Å². The molecule has 2 atom stereocenters. The molecule has 2 rings (SSSR count). The lowest BCUT2D eigenvalue weighted by Crippen LogP contribution is -2.48. The Balaban J connectivity index is 1.59. The molecule has 2 fully saturated rings. The van der Waals surface area contributed by atoms with E-state index in [0.717, 1.165) is 12.8 Å². The van der Waals surface area contributed by atoms with Gasteiger partial charge in [0.1, 0.15) is 0 Å². The van der Waals surface area contributed by atoms with Crippen LogP contribution in [0.25, 0.3) is 0 Å². The number of nitrogens with one attached hydrogen (secondary N) is 3. The van der Waals surface area contributed by atoms with Crippen LogP contribution in [0.1, 0.15) is 59.3 Å². The molecule has 0 aromatic heterocycles. The molecule has 0 aromatic rings. The molecule has 2 aliphatic heterocycles. The van der Waals surface area contributed by atoms with Gasteiger partial charge in [-0.3, -0.25) is 9.59 Å². The quantitative estimate of drug-likeness (QED) is 0.670. The molecule has 5 heteroatoms. The van der Waals surface area contributed by atoms with Crippen molar-refractivity contribution >= 4 is 11.8 Å². The third-order valence-corrected chi connectivity index (χ3v) is 4.39. The second-order valence-electron chi connectivity index (χ2n) is 7.48. The van der Waals surface area contributed by atoms with Gasteiger partial charge in [-0.15, -0.1) is 0 Å². The van der Waals surface area contributed by atoms with Crippen molar-refractivity contribution in [1.29, 1.82) is 0 Å². The summed E-state index contributed by atoms with van der Waals surface area (Å²) in [5, 5.41) is 9.60. The summed E-state index contributed by atoms with van der Waals surface area (Å²) in [5.74, 6) is 0.157. The minimum absolute atomic E-state index is 0.0397. The van der Waals surface area contributed by atoms with Crippen LogP contribution >= 0.6 is 0 Å². The maximum absolute atomic E-state index is 11.9. The zero-order chi connectivity index (χ0) is 15.5. The number of rotatable bonds is 5. The smallest absolute Gasteiger partial charge is 0.225 e. The molecule has 2 amide bonds. The van der Waals surface area contributed by atoms with Crippen LogP contribution < -0.4 is 16.0 Å². The van der Waals surface area contributed by atoms with Crippen molar-refractivity contribution in [1.82, 2.24) is 16.0 Å². The van der Waals surface area contributed by atoms with Gasteiger partial charge in [-0.1, -0.05) is 20.8 Å². The first kappa shape index (κ1) is 16.3. The highest BCUT2D eigenvalue weighted by Gasteiger charge is 2.33. The second kappa shape index (κ2) is 6.77. The molecule has 2 saturated heterocycles. The fraction of sp³-hybridized carbons (Fsp3) is 0.875. The zero-order valence-corrected chi connectivity index (χ0v) is 13.5. The highest BCUT2D eigenvalue weighted by Crippen LogP contribution is 2.26. The van der Waals surface area contributed by atoms with E-state index in [4.69, 9.17) is 0 Å². The summed E-state index contributed by atoms with van der Waals surface area (Å²) >= 11 is 0. The second-order valence-corrected chi connectivity index (χ2v) is 7.48. The standard InChI is InChI=1S/C16H29N3O2/c1-16(2,3)15(21)17-8-4-5-14(20)19-13-9-11-6-7-12(10-13)18-11/h11-13,18H,4-10H2,1-3H3,(H,17,21)(H,19,20). The molecule has 0 spiro atoms. The Hall–Kier alpha value is -1.10. The summed E-state index contributed by atoms with van der Waals surface area (Å²) in [7, 11) is 0. The number of hydrogen-bond acceptors (Lipinski definition) is 3. The third-order valence-electron chi connectivity index (χ3n) is 4.39. The van der Waals surface area contributed by atoms with Crippen molar-refractivity contribution in [2.45, 2.75) is 77.4 Å². The summed E-state index contributed by atoms with van der Waals surface area (Å²) in [6, 6.07) is 1.53. The van der Waals surface area contributed by atoms with Crippen LogP contribution in [0.15, 0.2) is 0 Å². The summed E-state index contributed by atoms with van der Waals surface area (Å²) in [5.41, 5.74) is -0.364. The lowest BCUT2D eigenvalue weighted by atomic mass is 9.96. The van der Waals surface area contributed by atoms with Gasteiger partial charge in [0.25, 0.3) is 0 Å². The van der Waals surface area contributed by atoms with Crippen molar-refractivity contribution in [3.8, 4) is 0 Å². The van der Waals surface area contributed by atoms with Gasteiger partial charge in [0.15, 0.2) is 0 Å². The summed E-state index contributed by atoms with van der Waals surface area (Å²) in [6.07, 6.45) is 5.80. The van der Waals surface area contributed by atoms with Crippen molar-refractivity contribution in [2.75, 3.05) is 6.54 Å². The molecular weight excluding hydrogens is 266 g/mol. The Morgan fingerprint density at radius 2 is 1.76 bits per heavy atom. The van der Waals surface area contributed by atoms with Gasteiger partial charge in [-0.25, -0.2) is 0 Å². The molecule has 0 aliphatic carbocycles. The molecule has 2 bridgehead atoms. The van der Waals surface area contributed by atoms with E-state index in [0.29, 0.717) is 37.5 Å². The van der Waals surface area contributed by atoms with Gasteiger partial charge in [0.2, 0.25) is 11.8 Å². The fourth-order valence-corrected chi connectivity index (χ4v) is 3.19. The Morgan fingerprint density at radius 1 is 1.14 bits per heavy atom. The lowest BCUT2D eigenvalue weighted by molar-refractivity contribution is -0.128.